The maximum Gasteiger partial charge on any atom is 0.192 e. The zero-order valence-electron chi connectivity index (χ0n) is 17.8. The number of anilines is 2. The van der Waals surface area contributed by atoms with Gasteiger partial charge in [0.05, 0.1) is 6.61 Å². The zero-order chi connectivity index (χ0) is 21.8. The molecule has 0 saturated heterocycles. The summed E-state index contributed by atoms with van der Waals surface area (Å²) in [5.41, 5.74) is 6.15. The molecule has 2 aromatic rings. The van der Waals surface area contributed by atoms with Gasteiger partial charge in [0.25, 0.3) is 0 Å². The predicted molar refractivity (Wildman–Crippen MR) is 119 cm³/mol. The molecule has 160 valence electrons. The topological polar surface area (TPSA) is 73.1 Å². The van der Waals surface area contributed by atoms with Gasteiger partial charge in [0.15, 0.2) is 25.1 Å². The molecule has 1 atom stereocenters. The summed E-state index contributed by atoms with van der Waals surface area (Å²) in [5, 5.41) is 3.82. The van der Waals surface area contributed by atoms with Gasteiger partial charge in [-0.25, -0.2) is 18.7 Å². The summed E-state index contributed by atoms with van der Waals surface area (Å²) in [6, 6.07) is 5.78. The third-order valence-corrected chi connectivity index (χ3v) is 10.4. The second-order valence-electron chi connectivity index (χ2n) is 8.58. The van der Waals surface area contributed by atoms with Crippen molar-refractivity contribution in [1.82, 2.24) is 9.97 Å². The molecule has 0 bridgehead atoms. The van der Waals surface area contributed by atoms with Crippen molar-refractivity contribution >= 4 is 31.7 Å². The number of nitrogens with one attached hydrogen (secondary N) is 1. The molecule has 29 heavy (non-hydrogen) atoms. The molecule has 0 spiro atoms. The molecule has 5 nitrogen and oxygen atoms in total. The number of halogens is 2. The fourth-order valence-electron chi connectivity index (χ4n) is 2.23. The number of benzene rings is 1. The number of hydrogen-bond acceptors (Lipinski definition) is 6. The molecule has 0 saturated carbocycles. The number of hydrogen-bond donors (Lipinski definition) is 2. The molecule has 0 amide bonds. The first-order valence-electron chi connectivity index (χ1n) is 9.50. The first-order chi connectivity index (χ1) is 13.4. The van der Waals surface area contributed by atoms with Crippen LogP contribution in [0.4, 0.5) is 20.4 Å². The molecule has 1 aromatic heterocycles. The molecule has 9 heteroatoms. The minimum absolute atomic E-state index is 0.0249. The molecule has 1 aromatic carbocycles. The molecule has 1 unspecified atom stereocenters. The summed E-state index contributed by atoms with van der Waals surface area (Å²) < 4.78 is 33.4. The van der Waals surface area contributed by atoms with Crippen LogP contribution in [0.15, 0.2) is 29.4 Å². The third kappa shape index (κ3) is 6.65. The Balaban J connectivity index is 2.00. The smallest absolute Gasteiger partial charge is 0.192 e. The van der Waals surface area contributed by atoms with Crippen LogP contribution in [0, 0.1) is 11.6 Å². The van der Waals surface area contributed by atoms with Crippen LogP contribution in [-0.4, -0.2) is 30.9 Å². The maximum absolute atomic E-state index is 13.8. The average molecular weight is 441 g/mol. The van der Waals surface area contributed by atoms with Crippen LogP contribution >= 0.6 is 11.8 Å². The van der Waals surface area contributed by atoms with Gasteiger partial charge < -0.3 is 15.5 Å². The number of nitrogens with two attached hydrogens (primary N) is 1. The van der Waals surface area contributed by atoms with E-state index in [1.807, 2.05) is 6.92 Å². The minimum atomic E-state index is -1.83. The zero-order valence-corrected chi connectivity index (χ0v) is 19.7. The Morgan fingerprint density at radius 1 is 1.24 bits per heavy atom. The van der Waals surface area contributed by atoms with Crippen molar-refractivity contribution in [3.05, 3.63) is 41.5 Å². The van der Waals surface area contributed by atoms with Gasteiger partial charge >= 0.3 is 0 Å². The maximum atomic E-state index is 13.8. The Hall–Kier alpha value is -1.71. The van der Waals surface area contributed by atoms with Gasteiger partial charge in [-0.15, -0.1) is 0 Å². The standard InChI is InChI=1S/C20H30F2N4OSSi/c1-13(11-27-29(5,6)20(2,3)4)24-17-10-16(23)25-19(26-17)28-12-14-8-7-9-15(21)18(14)22/h7-10,13H,11-12H2,1-6H3,(H3,23,24,25,26). The number of nitrogen functional groups attached to an aromatic ring is 1. The quantitative estimate of drug-likeness (QED) is 0.323. The van der Waals surface area contributed by atoms with Gasteiger partial charge in [-0.3, -0.25) is 0 Å². The van der Waals surface area contributed by atoms with Crippen LogP contribution in [0.5, 0.6) is 0 Å². The lowest BCUT2D eigenvalue weighted by Crippen LogP contribution is -2.43. The van der Waals surface area contributed by atoms with Crippen LogP contribution in [0.3, 0.4) is 0 Å². The lowest BCUT2D eigenvalue weighted by molar-refractivity contribution is 0.276. The summed E-state index contributed by atoms with van der Waals surface area (Å²) in [6.45, 7) is 13.6. The third-order valence-electron chi connectivity index (χ3n) is 5.01. The average Bonchev–Trinajstić information content (AvgIpc) is 2.60. The fourth-order valence-corrected chi connectivity index (χ4v) is 4.17. The normalized spacial score (nSPS) is 13.4. The monoisotopic (exact) mass is 440 g/mol. The second kappa shape index (κ2) is 9.40. The van der Waals surface area contributed by atoms with Gasteiger partial charge in [-0.05, 0) is 31.1 Å². The Bertz CT molecular complexity index is 846. The predicted octanol–water partition coefficient (Wildman–Crippen LogP) is 5.45. The van der Waals surface area contributed by atoms with E-state index in [0.717, 1.165) is 6.07 Å². The van der Waals surface area contributed by atoms with Crippen molar-refractivity contribution in [3.63, 3.8) is 0 Å². The molecular formula is C20H30F2N4OSSi. The van der Waals surface area contributed by atoms with E-state index >= 15 is 0 Å². The van der Waals surface area contributed by atoms with Gasteiger partial charge in [-0.2, -0.15) is 0 Å². The van der Waals surface area contributed by atoms with Crippen LogP contribution in [0.2, 0.25) is 18.1 Å². The van der Waals surface area contributed by atoms with Crippen LogP contribution < -0.4 is 11.1 Å². The highest BCUT2D eigenvalue weighted by Crippen LogP contribution is 2.36. The summed E-state index contributed by atoms with van der Waals surface area (Å²) >= 11 is 1.20. The molecule has 1 heterocycles. The minimum Gasteiger partial charge on any atom is -0.415 e. The van der Waals surface area contributed by atoms with Crippen LogP contribution in [0.25, 0.3) is 0 Å². The highest BCUT2D eigenvalue weighted by molar-refractivity contribution is 7.98. The molecule has 0 aliphatic heterocycles. The summed E-state index contributed by atoms with van der Waals surface area (Å²) in [6.07, 6.45) is 0. The highest BCUT2D eigenvalue weighted by Gasteiger charge is 2.37. The Kier molecular flexibility index (Phi) is 7.64. The van der Waals surface area contributed by atoms with E-state index in [9.17, 15) is 8.78 Å². The van der Waals surface area contributed by atoms with E-state index in [1.165, 1.54) is 23.9 Å². The molecule has 3 N–H and O–H groups in total. The molecular weight excluding hydrogens is 410 g/mol. The largest absolute Gasteiger partial charge is 0.415 e. The SMILES string of the molecule is CC(CO[Si](C)(C)C(C)(C)C)Nc1cc(N)nc(SCc2cccc(F)c2F)n1. The van der Waals surface area contributed by atoms with E-state index in [-0.39, 0.29) is 22.4 Å². The van der Waals surface area contributed by atoms with Gasteiger partial charge in [0.2, 0.25) is 0 Å². The molecule has 0 radical (unpaired) electrons. The van der Waals surface area contributed by atoms with Crippen molar-refractivity contribution in [1.29, 1.82) is 0 Å². The number of nitrogens with zero attached hydrogens (tertiary/aromatic N) is 2. The van der Waals surface area contributed by atoms with Crippen molar-refractivity contribution < 1.29 is 13.2 Å². The first-order valence-corrected chi connectivity index (χ1v) is 13.4. The van der Waals surface area contributed by atoms with Crippen molar-refractivity contribution in [2.75, 3.05) is 17.7 Å². The Labute approximate surface area is 177 Å². The van der Waals surface area contributed by atoms with Gasteiger partial charge in [-0.1, -0.05) is 44.7 Å². The van der Waals surface area contributed by atoms with Crippen molar-refractivity contribution in [2.45, 2.75) is 62.8 Å². The molecule has 2 rings (SSSR count). The van der Waals surface area contributed by atoms with E-state index < -0.39 is 20.0 Å². The summed E-state index contributed by atoms with van der Waals surface area (Å²) in [5.74, 6) is -0.627. The lowest BCUT2D eigenvalue weighted by Gasteiger charge is -2.37. The van der Waals surface area contributed by atoms with E-state index in [4.69, 9.17) is 10.2 Å². The number of rotatable bonds is 8. The molecule has 0 aliphatic rings. The van der Waals surface area contributed by atoms with Gasteiger partial charge in [0, 0.05) is 23.4 Å². The van der Waals surface area contributed by atoms with Crippen LogP contribution in [-0.2, 0) is 10.2 Å². The summed E-state index contributed by atoms with van der Waals surface area (Å²) in [4.78, 5) is 8.61. The molecule has 0 aliphatic carbocycles. The molecule has 0 fully saturated rings. The van der Waals surface area contributed by atoms with E-state index in [0.29, 0.717) is 23.4 Å². The van der Waals surface area contributed by atoms with Crippen LogP contribution in [0.1, 0.15) is 33.3 Å². The first kappa shape index (κ1) is 23.6. The number of thioether (sulfide) groups is 1. The second-order valence-corrected chi connectivity index (χ2v) is 14.3. The summed E-state index contributed by atoms with van der Waals surface area (Å²) in [7, 11) is -1.83. The van der Waals surface area contributed by atoms with E-state index in [1.54, 1.807) is 6.07 Å². The fraction of sp³-hybridized carbons (Fsp3) is 0.500. The van der Waals surface area contributed by atoms with Crippen molar-refractivity contribution in [3.8, 4) is 0 Å². The van der Waals surface area contributed by atoms with E-state index in [2.05, 4.69) is 49.1 Å². The lowest BCUT2D eigenvalue weighted by atomic mass is 10.2. The Morgan fingerprint density at radius 3 is 2.59 bits per heavy atom. The van der Waals surface area contributed by atoms with Crippen molar-refractivity contribution in [2.24, 2.45) is 0 Å². The van der Waals surface area contributed by atoms with Gasteiger partial charge in [0.1, 0.15) is 11.6 Å². The highest BCUT2D eigenvalue weighted by atomic mass is 32.2. The Morgan fingerprint density at radius 2 is 1.93 bits per heavy atom. The number of aromatic nitrogens is 2.